The summed E-state index contributed by atoms with van der Waals surface area (Å²) < 4.78 is 37.9. The Morgan fingerprint density at radius 2 is 2.06 bits per heavy atom. The second kappa shape index (κ2) is 5.44. The van der Waals surface area contributed by atoms with Crippen LogP contribution in [0, 0.1) is 0 Å². The molecule has 0 radical (unpaired) electrons. The first kappa shape index (κ1) is 13.9. The quantitative estimate of drug-likeness (QED) is 0.901. The van der Waals surface area contributed by atoms with Crippen molar-refractivity contribution in [2.24, 2.45) is 0 Å². The zero-order valence-corrected chi connectivity index (χ0v) is 9.86. The van der Waals surface area contributed by atoms with Gasteiger partial charge in [0, 0.05) is 5.75 Å². The van der Waals surface area contributed by atoms with E-state index in [2.05, 4.69) is 0 Å². The number of halogens is 3. The average molecular weight is 264 g/mol. The summed E-state index contributed by atoms with van der Waals surface area (Å²) in [5.74, 6) is -0.325. The van der Waals surface area contributed by atoms with Crippen molar-refractivity contribution in [1.29, 1.82) is 0 Å². The molecule has 1 aromatic carbocycles. The van der Waals surface area contributed by atoms with Gasteiger partial charge in [0.15, 0.2) is 0 Å². The lowest BCUT2D eigenvalue weighted by atomic mass is 10.0. The number of thioether (sulfide) groups is 1. The molecule has 0 bridgehead atoms. The van der Waals surface area contributed by atoms with E-state index in [0.29, 0.717) is 11.3 Å². The average Bonchev–Trinajstić information content (AvgIpc) is 2.24. The van der Waals surface area contributed by atoms with Crippen LogP contribution in [-0.4, -0.2) is 16.8 Å². The summed E-state index contributed by atoms with van der Waals surface area (Å²) in [5, 5.41) is 8.69. The van der Waals surface area contributed by atoms with E-state index in [4.69, 9.17) is 5.11 Å². The van der Waals surface area contributed by atoms with Crippen molar-refractivity contribution in [3.05, 3.63) is 34.9 Å². The number of hydrogen-bond acceptors (Lipinski definition) is 2. The standard InChI is InChI=1S/C11H11F3O2S/c1-2-17-6-7-3-4-8(10(15)16)9(5-7)11(12,13)14/h3-5H,2,6H2,1H3,(H,15,16). The molecule has 0 heterocycles. The van der Waals surface area contributed by atoms with Gasteiger partial charge in [-0.2, -0.15) is 24.9 Å². The molecule has 0 aliphatic rings. The molecule has 0 atom stereocenters. The van der Waals surface area contributed by atoms with Gasteiger partial charge in [0.1, 0.15) is 0 Å². The van der Waals surface area contributed by atoms with Gasteiger partial charge in [-0.05, 0) is 23.4 Å². The summed E-state index contributed by atoms with van der Waals surface area (Å²) in [6.07, 6.45) is -4.64. The van der Waals surface area contributed by atoms with Crippen molar-refractivity contribution in [1.82, 2.24) is 0 Å². The molecule has 1 aromatic rings. The Morgan fingerprint density at radius 1 is 1.41 bits per heavy atom. The fourth-order valence-electron chi connectivity index (χ4n) is 1.32. The van der Waals surface area contributed by atoms with E-state index in [1.807, 2.05) is 6.92 Å². The molecule has 0 unspecified atom stereocenters. The number of alkyl halides is 3. The van der Waals surface area contributed by atoms with Gasteiger partial charge in [-0.15, -0.1) is 0 Å². The molecule has 94 valence electrons. The molecule has 1 rings (SSSR count). The Balaban J connectivity index is 3.15. The zero-order chi connectivity index (χ0) is 13.1. The maximum atomic E-state index is 12.6. The number of carboxylic acids is 1. The summed E-state index contributed by atoms with van der Waals surface area (Å²) in [6.45, 7) is 1.90. The van der Waals surface area contributed by atoms with Crippen LogP contribution in [0.25, 0.3) is 0 Å². The molecule has 0 saturated carbocycles. The van der Waals surface area contributed by atoms with Crippen LogP contribution in [0.3, 0.4) is 0 Å². The third-order valence-corrected chi connectivity index (χ3v) is 3.04. The monoisotopic (exact) mass is 264 g/mol. The smallest absolute Gasteiger partial charge is 0.417 e. The Bertz CT molecular complexity index is 416. The van der Waals surface area contributed by atoms with E-state index < -0.39 is 23.3 Å². The summed E-state index contributed by atoms with van der Waals surface area (Å²) in [4.78, 5) is 10.7. The lowest BCUT2D eigenvalue weighted by Gasteiger charge is -2.11. The SMILES string of the molecule is CCSCc1ccc(C(=O)O)c(C(F)(F)F)c1. The van der Waals surface area contributed by atoms with Gasteiger partial charge < -0.3 is 5.11 Å². The highest BCUT2D eigenvalue weighted by atomic mass is 32.2. The Morgan fingerprint density at radius 3 is 2.53 bits per heavy atom. The van der Waals surface area contributed by atoms with Gasteiger partial charge in [0.25, 0.3) is 0 Å². The first-order valence-electron chi connectivity index (χ1n) is 4.87. The van der Waals surface area contributed by atoms with Crippen LogP contribution in [0.2, 0.25) is 0 Å². The molecule has 17 heavy (non-hydrogen) atoms. The van der Waals surface area contributed by atoms with Crippen molar-refractivity contribution < 1.29 is 23.1 Å². The Kier molecular flexibility index (Phi) is 4.45. The van der Waals surface area contributed by atoms with Crippen LogP contribution in [-0.2, 0) is 11.9 Å². The molecule has 1 N–H and O–H groups in total. The van der Waals surface area contributed by atoms with E-state index >= 15 is 0 Å². The Hall–Kier alpha value is -1.17. The number of carbonyl (C=O) groups is 1. The van der Waals surface area contributed by atoms with Crippen molar-refractivity contribution in [2.75, 3.05) is 5.75 Å². The van der Waals surface area contributed by atoms with Gasteiger partial charge in [-0.1, -0.05) is 13.0 Å². The molecule has 0 aliphatic heterocycles. The number of hydrogen-bond donors (Lipinski definition) is 1. The van der Waals surface area contributed by atoms with E-state index in [-0.39, 0.29) is 0 Å². The summed E-state index contributed by atoms with van der Waals surface area (Å²) in [6, 6.07) is 3.34. The summed E-state index contributed by atoms with van der Waals surface area (Å²) in [7, 11) is 0. The minimum Gasteiger partial charge on any atom is -0.478 e. The van der Waals surface area contributed by atoms with Gasteiger partial charge >= 0.3 is 12.1 Å². The third kappa shape index (κ3) is 3.66. The van der Waals surface area contributed by atoms with Crippen LogP contribution in [0.4, 0.5) is 13.2 Å². The zero-order valence-electron chi connectivity index (χ0n) is 9.04. The first-order valence-corrected chi connectivity index (χ1v) is 6.03. The number of carboxylic acid groups (broad SMARTS) is 1. The largest absolute Gasteiger partial charge is 0.478 e. The van der Waals surface area contributed by atoms with Gasteiger partial charge in [-0.25, -0.2) is 4.79 Å². The minimum atomic E-state index is -4.64. The molecular formula is C11H11F3O2S. The van der Waals surface area contributed by atoms with Crippen molar-refractivity contribution in [2.45, 2.75) is 18.9 Å². The third-order valence-electron chi connectivity index (χ3n) is 2.09. The first-order chi connectivity index (χ1) is 7.86. The molecule has 2 nitrogen and oxygen atoms in total. The van der Waals surface area contributed by atoms with E-state index in [1.165, 1.54) is 17.8 Å². The highest BCUT2D eigenvalue weighted by Gasteiger charge is 2.35. The van der Waals surface area contributed by atoms with E-state index in [0.717, 1.165) is 17.9 Å². The highest BCUT2D eigenvalue weighted by Crippen LogP contribution is 2.33. The molecule has 6 heteroatoms. The minimum absolute atomic E-state index is 0.444. The molecule has 0 saturated heterocycles. The van der Waals surface area contributed by atoms with Crippen molar-refractivity contribution >= 4 is 17.7 Å². The van der Waals surface area contributed by atoms with Gasteiger partial charge in [0.2, 0.25) is 0 Å². The number of aromatic carboxylic acids is 1. The van der Waals surface area contributed by atoms with E-state index in [1.54, 1.807) is 0 Å². The molecule has 0 spiro atoms. The molecular weight excluding hydrogens is 253 g/mol. The second-order valence-electron chi connectivity index (χ2n) is 3.32. The molecule has 0 amide bonds. The number of benzene rings is 1. The molecule has 0 aromatic heterocycles. The Labute approximate surface area is 101 Å². The topological polar surface area (TPSA) is 37.3 Å². The summed E-state index contributed by atoms with van der Waals surface area (Å²) in [5.41, 5.74) is -1.31. The van der Waals surface area contributed by atoms with Crippen molar-refractivity contribution in [3.63, 3.8) is 0 Å². The fourth-order valence-corrected chi connectivity index (χ4v) is 1.94. The maximum absolute atomic E-state index is 12.6. The van der Waals surface area contributed by atoms with Crippen LogP contribution < -0.4 is 0 Å². The van der Waals surface area contributed by atoms with Crippen LogP contribution >= 0.6 is 11.8 Å². The van der Waals surface area contributed by atoms with E-state index in [9.17, 15) is 18.0 Å². The number of rotatable bonds is 4. The van der Waals surface area contributed by atoms with Gasteiger partial charge in [-0.3, -0.25) is 0 Å². The van der Waals surface area contributed by atoms with Crippen LogP contribution in [0.1, 0.15) is 28.4 Å². The van der Waals surface area contributed by atoms with Gasteiger partial charge in [0.05, 0.1) is 11.1 Å². The maximum Gasteiger partial charge on any atom is 0.417 e. The van der Waals surface area contributed by atoms with Crippen molar-refractivity contribution in [3.8, 4) is 0 Å². The summed E-state index contributed by atoms with van der Waals surface area (Å²) >= 11 is 1.48. The van der Waals surface area contributed by atoms with Crippen LogP contribution in [0.15, 0.2) is 18.2 Å². The fraction of sp³-hybridized carbons (Fsp3) is 0.364. The normalized spacial score (nSPS) is 11.5. The highest BCUT2D eigenvalue weighted by molar-refractivity contribution is 7.98. The molecule has 0 fully saturated rings. The van der Waals surface area contributed by atoms with Crippen LogP contribution in [0.5, 0.6) is 0 Å². The lowest BCUT2D eigenvalue weighted by Crippen LogP contribution is -2.13. The molecule has 0 aliphatic carbocycles. The predicted molar refractivity (Wildman–Crippen MR) is 60.2 cm³/mol. The second-order valence-corrected chi connectivity index (χ2v) is 4.59. The lowest BCUT2D eigenvalue weighted by molar-refractivity contribution is -0.138. The predicted octanol–water partition coefficient (Wildman–Crippen LogP) is 3.66.